The monoisotopic (exact) mass is 235 g/mol. The zero-order valence-electron chi connectivity index (χ0n) is 9.00. The van der Waals surface area contributed by atoms with Gasteiger partial charge in [-0.1, -0.05) is 11.8 Å². The molecule has 2 rings (SSSR count). The molecule has 0 unspecified atom stereocenters. The standard InChI is InChI=1S/C10H13N5S/c1-15-9(6-11)13-14-10(15)16-7-8-2-4-12-5-3-8/h2-5H,6-7,11H2,1H3. The van der Waals surface area contributed by atoms with Crippen molar-refractivity contribution in [2.24, 2.45) is 12.8 Å². The molecule has 0 bridgehead atoms. The second-order valence-corrected chi connectivity index (χ2v) is 4.25. The lowest BCUT2D eigenvalue weighted by Gasteiger charge is -2.02. The molecule has 0 aliphatic rings. The molecule has 5 nitrogen and oxygen atoms in total. The normalized spacial score (nSPS) is 10.6. The number of aromatic nitrogens is 4. The molecular weight excluding hydrogens is 222 g/mol. The SMILES string of the molecule is Cn1c(CN)nnc1SCc1ccncc1. The molecule has 0 fully saturated rings. The Morgan fingerprint density at radius 1 is 1.31 bits per heavy atom. The minimum atomic E-state index is 0.416. The molecule has 0 saturated carbocycles. The van der Waals surface area contributed by atoms with Crippen molar-refractivity contribution in [2.75, 3.05) is 0 Å². The number of hydrogen-bond donors (Lipinski definition) is 1. The van der Waals surface area contributed by atoms with Gasteiger partial charge in [0.25, 0.3) is 0 Å². The fourth-order valence-electron chi connectivity index (χ4n) is 1.28. The fourth-order valence-corrected chi connectivity index (χ4v) is 2.16. The molecule has 0 amide bonds. The van der Waals surface area contributed by atoms with Gasteiger partial charge in [0.15, 0.2) is 5.16 Å². The zero-order valence-corrected chi connectivity index (χ0v) is 9.81. The van der Waals surface area contributed by atoms with Crippen molar-refractivity contribution in [3.05, 3.63) is 35.9 Å². The van der Waals surface area contributed by atoms with Gasteiger partial charge < -0.3 is 10.3 Å². The summed E-state index contributed by atoms with van der Waals surface area (Å²) < 4.78 is 1.92. The third-order valence-electron chi connectivity index (χ3n) is 2.22. The zero-order chi connectivity index (χ0) is 11.4. The van der Waals surface area contributed by atoms with Crippen molar-refractivity contribution in [2.45, 2.75) is 17.5 Å². The summed E-state index contributed by atoms with van der Waals surface area (Å²) in [4.78, 5) is 3.98. The van der Waals surface area contributed by atoms with Gasteiger partial charge in [-0.15, -0.1) is 10.2 Å². The lowest BCUT2D eigenvalue weighted by atomic mass is 10.3. The molecule has 16 heavy (non-hydrogen) atoms. The Morgan fingerprint density at radius 3 is 2.69 bits per heavy atom. The van der Waals surface area contributed by atoms with Gasteiger partial charge in [0.1, 0.15) is 5.82 Å². The van der Waals surface area contributed by atoms with Gasteiger partial charge in [-0.3, -0.25) is 4.98 Å². The van der Waals surface area contributed by atoms with E-state index in [2.05, 4.69) is 15.2 Å². The molecule has 0 spiro atoms. The second kappa shape index (κ2) is 5.09. The minimum Gasteiger partial charge on any atom is -0.324 e. The summed E-state index contributed by atoms with van der Waals surface area (Å²) in [6.45, 7) is 0.416. The molecule has 0 saturated heterocycles. The predicted octanol–water partition coefficient (Wildman–Crippen LogP) is 0.961. The highest BCUT2D eigenvalue weighted by Crippen LogP contribution is 2.20. The summed E-state index contributed by atoms with van der Waals surface area (Å²) >= 11 is 1.64. The van der Waals surface area contributed by atoms with E-state index in [0.717, 1.165) is 16.7 Å². The van der Waals surface area contributed by atoms with Crippen LogP contribution in [0.2, 0.25) is 0 Å². The van der Waals surface area contributed by atoms with E-state index in [1.807, 2.05) is 23.7 Å². The Balaban J connectivity index is 2.02. The van der Waals surface area contributed by atoms with E-state index in [9.17, 15) is 0 Å². The molecule has 2 heterocycles. The van der Waals surface area contributed by atoms with Crippen molar-refractivity contribution in [3.8, 4) is 0 Å². The molecule has 2 aromatic heterocycles. The highest BCUT2D eigenvalue weighted by Gasteiger charge is 2.07. The summed E-state index contributed by atoms with van der Waals surface area (Å²) in [7, 11) is 1.93. The van der Waals surface area contributed by atoms with Gasteiger partial charge in [0.2, 0.25) is 0 Å². The Morgan fingerprint density at radius 2 is 2.06 bits per heavy atom. The molecule has 2 aromatic rings. The Kier molecular flexibility index (Phi) is 3.53. The third-order valence-corrected chi connectivity index (χ3v) is 3.32. The summed E-state index contributed by atoms with van der Waals surface area (Å²) in [6, 6.07) is 3.99. The van der Waals surface area contributed by atoms with Crippen LogP contribution in [0.3, 0.4) is 0 Å². The summed E-state index contributed by atoms with van der Waals surface area (Å²) in [5, 5.41) is 8.97. The van der Waals surface area contributed by atoms with Crippen LogP contribution in [0.5, 0.6) is 0 Å². The first kappa shape index (κ1) is 11.1. The quantitative estimate of drug-likeness (QED) is 0.799. The Hall–Kier alpha value is -1.40. The van der Waals surface area contributed by atoms with Crippen molar-refractivity contribution in [1.29, 1.82) is 0 Å². The average Bonchev–Trinajstić information content (AvgIpc) is 2.69. The van der Waals surface area contributed by atoms with Gasteiger partial charge in [0.05, 0.1) is 6.54 Å². The van der Waals surface area contributed by atoms with E-state index in [0.29, 0.717) is 6.54 Å². The lowest BCUT2D eigenvalue weighted by Crippen LogP contribution is -2.05. The van der Waals surface area contributed by atoms with Crippen molar-refractivity contribution in [1.82, 2.24) is 19.7 Å². The van der Waals surface area contributed by atoms with E-state index >= 15 is 0 Å². The summed E-state index contributed by atoms with van der Waals surface area (Å²) in [6.07, 6.45) is 3.58. The molecule has 6 heteroatoms. The van der Waals surface area contributed by atoms with E-state index in [1.165, 1.54) is 5.56 Å². The number of nitrogens with two attached hydrogens (primary N) is 1. The van der Waals surface area contributed by atoms with Gasteiger partial charge in [-0.25, -0.2) is 0 Å². The Bertz CT molecular complexity index is 453. The van der Waals surface area contributed by atoms with Crippen molar-refractivity contribution in [3.63, 3.8) is 0 Å². The number of pyridine rings is 1. The topological polar surface area (TPSA) is 69.6 Å². The largest absolute Gasteiger partial charge is 0.324 e. The van der Waals surface area contributed by atoms with Crippen molar-refractivity contribution >= 4 is 11.8 Å². The van der Waals surface area contributed by atoms with Gasteiger partial charge in [-0.2, -0.15) is 0 Å². The Labute approximate surface area is 98.1 Å². The number of rotatable bonds is 4. The van der Waals surface area contributed by atoms with Crippen LogP contribution in [0.1, 0.15) is 11.4 Å². The van der Waals surface area contributed by atoms with Crippen LogP contribution < -0.4 is 5.73 Å². The second-order valence-electron chi connectivity index (χ2n) is 3.31. The highest BCUT2D eigenvalue weighted by molar-refractivity contribution is 7.98. The molecule has 0 aliphatic carbocycles. The van der Waals surface area contributed by atoms with Crippen LogP contribution in [-0.4, -0.2) is 19.7 Å². The number of hydrogen-bond acceptors (Lipinski definition) is 5. The summed E-state index contributed by atoms with van der Waals surface area (Å²) in [5.74, 6) is 1.66. The van der Waals surface area contributed by atoms with Crippen molar-refractivity contribution < 1.29 is 0 Å². The van der Waals surface area contributed by atoms with Crippen LogP contribution in [0, 0.1) is 0 Å². The predicted molar refractivity (Wildman–Crippen MR) is 62.7 cm³/mol. The fraction of sp³-hybridized carbons (Fsp3) is 0.300. The molecule has 0 aliphatic heterocycles. The highest BCUT2D eigenvalue weighted by atomic mass is 32.2. The molecule has 0 radical (unpaired) electrons. The third kappa shape index (κ3) is 2.40. The maximum atomic E-state index is 5.53. The first-order chi connectivity index (χ1) is 7.81. The first-order valence-corrected chi connectivity index (χ1v) is 5.90. The molecule has 0 aromatic carbocycles. The average molecular weight is 235 g/mol. The molecule has 84 valence electrons. The minimum absolute atomic E-state index is 0.416. The maximum Gasteiger partial charge on any atom is 0.191 e. The summed E-state index contributed by atoms with van der Waals surface area (Å²) in [5.41, 5.74) is 6.75. The van der Waals surface area contributed by atoms with Gasteiger partial charge in [-0.05, 0) is 17.7 Å². The van der Waals surface area contributed by atoms with Crippen LogP contribution in [0.25, 0.3) is 0 Å². The maximum absolute atomic E-state index is 5.53. The molecule has 2 N–H and O–H groups in total. The van der Waals surface area contributed by atoms with Crippen LogP contribution in [0.15, 0.2) is 29.7 Å². The van der Waals surface area contributed by atoms with Crippen LogP contribution in [-0.2, 0) is 19.3 Å². The number of nitrogens with zero attached hydrogens (tertiary/aromatic N) is 4. The van der Waals surface area contributed by atoms with Gasteiger partial charge >= 0.3 is 0 Å². The van der Waals surface area contributed by atoms with Gasteiger partial charge in [0, 0.05) is 25.2 Å². The molecule has 0 atom stereocenters. The first-order valence-electron chi connectivity index (χ1n) is 4.91. The van der Waals surface area contributed by atoms with E-state index in [1.54, 1.807) is 24.2 Å². The lowest BCUT2D eigenvalue weighted by molar-refractivity contribution is 0.734. The number of thioether (sulfide) groups is 1. The smallest absolute Gasteiger partial charge is 0.191 e. The van der Waals surface area contributed by atoms with Crippen LogP contribution in [0.4, 0.5) is 0 Å². The van der Waals surface area contributed by atoms with E-state index in [-0.39, 0.29) is 0 Å². The molecular formula is C10H13N5S. The van der Waals surface area contributed by atoms with E-state index in [4.69, 9.17) is 5.73 Å². The van der Waals surface area contributed by atoms with Crippen LogP contribution >= 0.6 is 11.8 Å². The van der Waals surface area contributed by atoms with E-state index < -0.39 is 0 Å².